The van der Waals surface area contributed by atoms with Crippen molar-refractivity contribution in [3.8, 4) is 17.1 Å². The Hall–Kier alpha value is -3.32. The highest BCUT2D eigenvalue weighted by atomic mass is 16.6. The van der Waals surface area contributed by atoms with Crippen LogP contribution in [0.15, 0.2) is 63.8 Å². The number of hydrogen-bond acceptors (Lipinski definition) is 6. The van der Waals surface area contributed by atoms with E-state index in [1.54, 1.807) is 12.1 Å². The number of fused-ring (bicyclic) bond motifs is 1. The Morgan fingerprint density at radius 1 is 1.00 bits per heavy atom. The minimum absolute atomic E-state index is 0.0736. The van der Waals surface area contributed by atoms with Gasteiger partial charge in [-0.05, 0) is 57.2 Å². The van der Waals surface area contributed by atoms with E-state index in [1.165, 1.54) is 6.07 Å². The van der Waals surface area contributed by atoms with Gasteiger partial charge in [-0.25, -0.2) is 4.79 Å². The second-order valence-electron chi connectivity index (χ2n) is 7.88. The minimum Gasteiger partial charge on any atom is -0.491 e. The predicted molar refractivity (Wildman–Crippen MR) is 118 cm³/mol. The Labute approximate surface area is 180 Å². The molecule has 1 heterocycles. The molecule has 0 radical (unpaired) electrons. The van der Waals surface area contributed by atoms with Crippen molar-refractivity contribution in [2.45, 2.75) is 26.4 Å². The Balaban J connectivity index is 1.41. The molecule has 31 heavy (non-hydrogen) atoms. The molecule has 3 aromatic rings. The number of alkyl carbamates (subject to hydrolysis) is 1. The lowest BCUT2D eigenvalue weighted by Crippen LogP contribution is -2.34. The quantitative estimate of drug-likeness (QED) is 0.539. The summed E-state index contributed by atoms with van der Waals surface area (Å²) in [6.07, 6.45) is -0.463. The van der Waals surface area contributed by atoms with Gasteiger partial charge in [-0.2, -0.15) is 0 Å². The molecule has 1 amide bonds. The summed E-state index contributed by atoms with van der Waals surface area (Å²) in [5, 5.41) is 3.19. The second-order valence-corrected chi connectivity index (χ2v) is 7.88. The summed E-state index contributed by atoms with van der Waals surface area (Å²) in [5.41, 5.74) is 0.757. The maximum atomic E-state index is 12.3. The first-order chi connectivity index (χ1) is 14.8. The van der Waals surface area contributed by atoms with Crippen LogP contribution in [-0.4, -0.2) is 38.1 Å². The maximum absolute atomic E-state index is 12.3. The van der Waals surface area contributed by atoms with Crippen molar-refractivity contribution < 1.29 is 23.4 Å². The number of hydrogen-bond donors (Lipinski definition) is 1. The van der Waals surface area contributed by atoms with Crippen molar-refractivity contribution in [2.24, 2.45) is 0 Å². The van der Waals surface area contributed by atoms with Crippen LogP contribution in [0.25, 0.3) is 22.3 Å². The van der Waals surface area contributed by atoms with Crippen LogP contribution < -0.4 is 15.5 Å². The largest absolute Gasteiger partial charge is 0.491 e. The molecule has 7 heteroatoms. The first-order valence-electron chi connectivity index (χ1n) is 10.1. The van der Waals surface area contributed by atoms with Crippen LogP contribution in [0, 0.1) is 0 Å². The minimum atomic E-state index is -0.520. The van der Waals surface area contributed by atoms with Crippen molar-refractivity contribution in [2.75, 3.05) is 26.4 Å². The molecule has 2 aromatic carbocycles. The predicted octanol–water partition coefficient (Wildman–Crippen LogP) is 4.38. The van der Waals surface area contributed by atoms with Gasteiger partial charge in [0.15, 0.2) is 5.43 Å². The standard InChI is InChI=1S/C24H27NO6/c1-24(2,3)31-23(27)25-12-13-28-14-15-29-18-10-8-17(9-11-18)22-16-20(26)19-6-4-5-7-21(19)30-22/h4-11,16H,12-15H2,1-3H3,(H,25,27). The molecule has 0 spiro atoms. The van der Waals surface area contributed by atoms with Gasteiger partial charge in [0, 0.05) is 18.2 Å². The highest BCUT2D eigenvalue weighted by Crippen LogP contribution is 2.24. The average molecular weight is 425 g/mol. The molecule has 0 unspecified atom stereocenters. The summed E-state index contributed by atoms with van der Waals surface area (Å²) in [6, 6.07) is 16.0. The second kappa shape index (κ2) is 10.1. The number of amides is 1. The van der Waals surface area contributed by atoms with E-state index in [0.717, 1.165) is 5.56 Å². The zero-order chi connectivity index (χ0) is 22.3. The van der Waals surface area contributed by atoms with E-state index in [4.69, 9.17) is 18.6 Å². The lowest BCUT2D eigenvalue weighted by atomic mass is 10.1. The van der Waals surface area contributed by atoms with Crippen LogP contribution in [0.2, 0.25) is 0 Å². The number of benzene rings is 2. The van der Waals surface area contributed by atoms with Crippen LogP contribution >= 0.6 is 0 Å². The summed E-state index contributed by atoms with van der Waals surface area (Å²) >= 11 is 0. The van der Waals surface area contributed by atoms with Gasteiger partial charge in [0.05, 0.1) is 18.6 Å². The zero-order valence-electron chi connectivity index (χ0n) is 18.0. The number of nitrogens with one attached hydrogen (secondary N) is 1. The van der Waals surface area contributed by atoms with Gasteiger partial charge in [0.2, 0.25) is 0 Å². The molecule has 0 fully saturated rings. The van der Waals surface area contributed by atoms with Crippen molar-refractivity contribution in [1.82, 2.24) is 5.32 Å². The van der Waals surface area contributed by atoms with Crippen molar-refractivity contribution in [3.63, 3.8) is 0 Å². The maximum Gasteiger partial charge on any atom is 0.407 e. The van der Waals surface area contributed by atoms with Crippen molar-refractivity contribution in [3.05, 3.63) is 64.8 Å². The van der Waals surface area contributed by atoms with E-state index in [0.29, 0.717) is 48.8 Å². The lowest BCUT2D eigenvalue weighted by molar-refractivity contribution is 0.0489. The van der Waals surface area contributed by atoms with Gasteiger partial charge >= 0.3 is 6.09 Å². The Morgan fingerprint density at radius 2 is 1.74 bits per heavy atom. The third-order valence-electron chi connectivity index (χ3n) is 4.18. The molecule has 0 bridgehead atoms. The fourth-order valence-corrected chi connectivity index (χ4v) is 2.82. The molecule has 7 nitrogen and oxygen atoms in total. The number of carbonyl (C=O) groups is 1. The first-order valence-corrected chi connectivity index (χ1v) is 10.1. The highest BCUT2D eigenvalue weighted by Gasteiger charge is 2.15. The fraction of sp³-hybridized carbons (Fsp3) is 0.333. The van der Waals surface area contributed by atoms with Gasteiger partial charge in [-0.1, -0.05) is 12.1 Å². The van der Waals surface area contributed by atoms with Gasteiger partial charge < -0.3 is 23.9 Å². The highest BCUT2D eigenvalue weighted by molar-refractivity contribution is 5.78. The van der Waals surface area contributed by atoms with E-state index in [-0.39, 0.29) is 5.43 Å². The molecule has 0 aliphatic carbocycles. The van der Waals surface area contributed by atoms with Crippen LogP contribution in [-0.2, 0) is 9.47 Å². The summed E-state index contributed by atoms with van der Waals surface area (Å²) in [7, 11) is 0. The number of rotatable bonds is 8. The third kappa shape index (κ3) is 6.86. The molecule has 1 aromatic heterocycles. The van der Waals surface area contributed by atoms with Gasteiger partial charge in [-0.3, -0.25) is 4.79 Å². The average Bonchev–Trinajstić information content (AvgIpc) is 2.72. The van der Waals surface area contributed by atoms with E-state index in [9.17, 15) is 9.59 Å². The van der Waals surface area contributed by atoms with E-state index in [2.05, 4.69) is 5.32 Å². The molecular weight excluding hydrogens is 398 g/mol. The van der Waals surface area contributed by atoms with E-state index in [1.807, 2.05) is 57.2 Å². The van der Waals surface area contributed by atoms with Gasteiger partial charge in [0.1, 0.15) is 29.3 Å². The van der Waals surface area contributed by atoms with E-state index < -0.39 is 11.7 Å². The smallest absolute Gasteiger partial charge is 0.407 e. The summed E-state index contributed by atoms with van der Waals surface area (Å²) in [5.74, 6) is 1.19. The molecular formula is C24H27NO6. The first kappa shape index (κ1) is 22.4. The third-order valence-corrected chi connectivity index (χ3v) is 4.18. The zero-order valence-corrected chi connectivity index (χ0v) is 18.0. The lowest BCUT2D eigenvalue weighted by Gasteiger charge is -2.19. The molecule has 0 aliphatic rings. The van der Waals surface area contributed by atoms with Gasteiger partial charge in [-0.15, -0.1) is 0 Å². The summed E-state index contributed by atoms with van der Waals surface area (Å²) < 4.78 is 22.1. The van der Waals surface area contributed by atoms with Gasteiger partial charge in [0.25, 0.3) is 0 Å². The Morgan fingerprint density at radius 3 is 2.48 bits per heavy atom. The van der Waals surface area contributed by atoms with Crippen LogP contribution in [0.5, 0.6) is 5.75 Å². The number of para-hydroxylation sites is 1. The van der Waals surface area contributed by atoms with E-state index >= 15 is 0 Å². The molecule has 0 atom stereocenters. The summed E-state index contributed by atoms with van der Waals surface area (Å²) in [4.78, 5) is 23.8. The molecule has 3 rings (SSSR count). The Kier molecular flexibility index (Phi) is 7.31. The topological polar surface area (TPSA) is 87.0 Å². The SMILES string of the molecule is CC(C)(C)OC(=O)NCCOCCOc1ccc(-c2cc(=O)c3ccccc3o2)cc1. The summed E-state index contributed by atoms with van der Waals surface area (Å²) in [6.45, 7) is 6.91. The van der Waals surface area contributed by atoms with Crippen molar-refractivity contribution in [1.29, 1.82) is 0 Å². The molecule has 1 N–H and O–H groups in total. The monoisotopic (exact) mass is 425 g/mol. The number of carbonyl (C=O) groups excluding carboxylic acids is 1. The van der Waals surface area contributed by atoms with Crippen molar-refractivity contribution >= 4 is 17.1 Å². The molecule has 0 saturated heterocycles. The molecule has 0 saturated carbocycles. The van der Waals surface area contributed by atoms with Crippen LogP contribution in [0.1, 0.15) is 20.8 Å². The number of ether oxygens (including phenoxy) is 3. The van der Waals surface area contributed by atoms with Crippen LogP contribution in [0.4, 0.5) is 4.79 Å². The fourth-order valence-electron chi connectivity index (χ4n) is 2.82. The van der Waals surface area contributed by atoms with Crippen LogP contribution in [0.3, 0.4) is 0 Å². The Bertz CT molecular complexity index is 1070. The normalized spacial score (nSPS) is 11.3. The molecule has 0 aliphatic heterocycles. The molecule has 164 valence electrons.